The maximum absolute atomic E-state index is 10.8. The van der Waals surface area contributed by atoms with Crippen LogP contribution in [0.15, 0.2) is 36.4 Å². The molecule has 0 heterocycles. The number of benzene rings is 2. The lowest BCUT2D eigenvalue weighted by Crippen LogP contribution is -1.90. The van der Waals surface area contributed by atoms with Gasteiger partial charge >= 0.3 is 0 Å². The highest BCUT2D eigenvalue weighted by Crippen LogP contribution is 2.34. The van der Waals surface area contributed by atoms with Gasteiger partial charge in [0.05, 0.1) is 5.56 Å². The second kappa shape index (κ2) is 4.42. The van der Waals surface area contributed by atoms with Crippen LogP contribution < -0.4 is 0 Å². The molecule has 0 aromatic heterocycles. The van der Waals surface area contributed by atoms with Gasteiger partial charge in [-0.3, -0.25) is 4.79 Å². The average Bonchev–Trinajstić information content (AvgIpc) is 2.33. The number of aromatic hydroxyl groups is 1. The summed E-state index contributed by atoms with van der Waals surface area (Å²) >= 11 is 0. The van der Waals surface area contributed by atoms with Crippen LogP contribution in [0.4, 0.5) is 0 Å². The molecular weight excluding hydrogens is 212 g/mol. The van der Waals surface area contributed by atoms with Gasteiger partial charge in [0, 0.05) is 5.56 Å². The molecule has 1 N–H and O–H groups in total. The SMILES string of the molecule is Cc1cccc(-c2cccc(C=O)c2O)c1C. The molecule has 0 amide bonds. The molecule has 0 spiro atoms. The molecule has 2 nitrogen and oxygen atoms in total. The van der Waals surface area contributed by atoms with Gasteiger partial charge in [0.25, 0.3) is 0 Å². The summed E-state index contributed by atoms with van der Waals surface area (Å²) in [5, 5.41) is 10.0. The second-order valence-corrected chi connectivity index (χ2v) is 4.11. The van der Waals surface area contributed by atoms with E-state index in [1.54, 1.807) is 12.1 Å². The molecule has 0 saturated carbocycles. The number of phenolic OH excluding ortho intramolecular Hbond substituents is 1. The Labute approximate surface area is 101 Å². The van der Waals surface area contributed by atoms with E-state index >= 15 is 0 Å². The molecule has 0 fully saturated rings. The highest BCUT2D eigenvalue weighted by molar-refractivity contribution is 5.86. The first-order valence-electron chi connectivity index (χ1n) is 5.49. The maximum atomic E-state index is 10.8. The van der Waals surface area contributed by atoms with Crippen molar-refractivity contribution in [1.82, 2.24) is 0 Å². The molecule has 2 heteroatoms. The molecule has 0 aliphatic rings. The number of phenols is 1. The van der Waals surface area contributed by atoms with Crippen molar-refractivity contribution >= 4 is 6.29 Å². The minimum Gasteiger partial charge on any atom is -0.507 e. The summed E-state index contributed by atoms with van der Waals surface area (Å²) in [6.07, 6.45) is 0.671. The largest absolute Gasteiger partial charge is 0.507 e. The zero-order valence-corrected chi connectivity index (χ0v) is 9.90. The Kier molecular flexibility index (Phi) is 2.96. The number of aryl methyl sites for hydroxylation is 1. The lowest BCUT2D eigenvalue weighted by Gasteiger charge is -2.11. The Bertz CT molecular complexity index is 571. The minimum atomic E-state index is 0.0520. The lowest BCUT2D eigenvalue weighted by atomic mass is 9.95. The van der Waals surface area contributed by atoms with E-state index in [1.807, 2.05) is 38.1 Å². The number of carbonyl (C=O) groups is 1. The van der Waals surface area contributed by atoms with Crippen molar-refractivity contribution in [3.63, 3.8) is 0 Å². The molecule has 86 valence electrons. The monoisotopic (exact) mass is 226 g/mol. The molecule has 0 aliphatic carbocycles. The van der Waals surface area contributed by atoms with E-state index in [0.29, 0.717) is 17.4 Å². The predicted molar refractivity (Wildman–Crippen MR) is 68.4 cm³/mol. The number of hydrogen-bond donors (Lipinski definition) is 1. The lowest BCUT2D eigenvalue weighted by molar-refractivity contribution is 0.112. The van der Waals surface area contributed by atoms with E-state index < -0.39 is 0 Å². The zero-order valence-electron chi connectivity index (χ0n) is 9.90. The highest BCUT2D eigenvalue weighted by Gasteiger charge is 2.10. The van der Waals surface area contributed by atoms with Crippen LogP contribution >= 0.6 is 0 Å². The van der Waals surface area contributed by atoms with Crippen LogP contribution in [0.2, 0.25) is 0 Å². The number of carbonyl (C=O) groups excluding carboxylic acids is 1. The van der Waals surface area contributed by atoms with Crippen LogP contribution in [0.3, 0.4) is 0 Å². The fourth-order valence-electron chi connectivity index (χ4n) is 1.92. The maximum Gasteiger partial charge on any atom is 0.153 e. The fraction of sp³-hybridized carbons (Fsp3) is 0.133. The standard InChI is InChI=1S/C15H14O2/c1-10-5-3-7-13(11(10)2)14-8-4-6-12(9-16)15(14)17/h3-9,17H,1-2H3. The van der Waals surface area contributed by atoms with Crippen LogP contribution in [0.5, 0.6) is 5.75 Å². The van der Waals surface area contributed by atoms with E-state index in [0.717, 1.165) is 11.1 Å². The number of rotatable bonds is 2. The summed E-state index contributed by atoms with van der Waals surface area (Å²) < 4.78 is 0. The van der Waals surface area contributed by atoms with Gasteiger partial charge in [-0.2, -0.15) is 0 Å². The normalized spacial score (nSPS) is 10.2. The van der Waals surface area contributed by atoms with Gasteiger partial charge in [0.15, 0.2) is 6.29 Å². The van der Waals surface area contributed by atoms with E-state index in [2.05, 4.69) is 0 Å². The molecule has 0 aliphatic heterocycles. The second-order valence-electron chi connectivity index (χ2n) is 4.11. The van der Waals surface area contributed by atoms with Crippen molar-refractivity contribution in [2.45, 2.75) is 13.8 Å². The Hall–Kier alpha value is -2.09. The summed E-state index contributed by atoms with van der Waals surface area (Å²) in [6.45, 7) is 4.04. The van der Waals surface area contributed by atoms with Crippen LogP contribution in [0, 0.1) is 13.8 Å². The molecule has 0 radical (unpaired) electrons. The first kappa shape index (κ1) is 11.4. The van der Waals surface area contributed by atoms with E-state index in [1.165, 1.54) is 5.56 Å². The molecule has 0 atom stereocenters. The van der Waals surface area contributed by atoms with Gasteiger partial charge < -0.3 is 5.11 Å². The minimum absolute atomic E-state index is 0.0520. The topological polar surface area (TPSA) is 37.3 Å². The highest BCUT2D eigenvalue weighted by atomic mass is 16.3. The van der Waals surface area contributed by atoms with Crippen LogP contribution in [0.25, 0.3) is 11.1 Å². The van der Waals surface area contributed by atoms with E-state index in [9.17, 15) is 9.90 Å². The summed E-state index contributed by atoms with van der Waals surface area (Å²) in [4.78, 5) is 10.8. The summed E-state index contributed by atoms with van der Waals surface area (Å²) in [6, 6.07) is 11.1. The van der Waals surface area contributed by atoms with Crippen molar-refractivity contribution < 1.29 is 9.90 Å². The molecule has 0 unspecified atom stereocenters. The van der Waals surface area contributed by atoms with Crippen molar-refractivity contribution in [2.75, 3.05) is 0 Å². The number of para-hydroxylation sites is 1. The average molecular weight is 226 g/mol. The van der Waals surface area contributed by atoms with Crippen molar-refractivity contribution in [3.05, 3.63) is 53.1 Å². The third kappa shape index (κ3) is 1.94. The van der Waals surface area contributed by atoms with Crippen molar-refractivity contribution in [1.29, 1.82) is 0 Å². The number of hydrogen-bond acceptors (Lipinski definition) is 2. The molecule has 2 rings (SSSR count). The quantitative estimate of drug-likeness (QED) is 0.796. The first-order chi connectivity index (χ1) is 8.15. The predicted octanol–water partition coefficient (Wildman–Crippen LogP) is 3.49. The fourth-order valence-corrected chi connectivity index (χ4v) is 1.92. The summed E-state index contributed by atoms with van der Waals surface area (Å²) in [7, 11) is 0. The first-order valence-corrected chi connectivity index (χ1v) is 5.49. The van der Waals surface area contributed by atoms with Gasteiger partial charge in [-0.15, -0.1) is 0 Å². The zero-order chi connectivity index (χ0) is 12.4. The summed E-state index contributed by atoms with van der Waals surface area (Å²) in [5.41, 5.74) is 4.27. The summed E-state index contributed by atoms with van der Waals surface area (Å²) in [5.74, 6) is 0.0520. The van der Waals surface area contributed by atoms with Gasteiger partial charge in [0.2, 0.25) is 0 Å². The van der Waals surface area contributed by atoms with Crippen molar-refractivity contribution in [3.8, 4) is 16.9 Å². The van der Waals surface area contributed by atoms with E-state index in [4.69, 9.17) is 0 Å². The Balaban J connectivity index is 2.69. The van der Waals surface area contributed by atoms with Crippen LogP contribution in [0.1, 0.15) is 21.5 Å². The van der Waals surface area contributed by atoms with Crippen LogP contribution in [-0.2, 0) is 0 Å². The van der Waals surface area contributed by atoms with Crippen molar-refractivity contribution in [2.24, 2.45) is 0 Å². The molecular formula is C15H14O2. The van der Waals surface area contributed by atoms with E-state index in [-0.39, 0.29) is 5.75 Å². The molecule has 2 aromatic rings. The Morgan fingerprint density at radius 3 is 2.35 bits per heavy atom. The van der Waals surface area contributed by atoms with Crippen LogP contribution in [-0.4, -0.2) is 11.4 Å². The Morgan fingerprint density at radius 2 is 1.65 bits per heavy atom. The number of aldehydes is 1. The van der Waals surface area contributed by atoms with Gasteiger partial charge in [0.1, 0.15) is 5.75 Å². The third-order valence-electron chi connectivity index (χ3n) is 3.09. The van der Waals surface area contributed by atoms with Gasteiger partial charge in [-0.05, 0) is 36.6 Å². The molecule has 0 saturated heterocycles. The third-order valence-corrected chi connectivity index (χ3v) is 3.09. The Morgan fingerprint density at radius 1 is 1.00 bits per heavy atom. The molecule has 0 bridgehead atoms. The molecule has 17 heavy (non-hydrogen) atoms. The smallest absolute Gasteiger partial charge is 0.153 e. The van der Waals surface area contributed by atoms with Gasteiger partial charge in [-0.1, -0.05) is 30.3 Å². The molecule has 2 aromatic carbocycles. The van der Waals surface area contributed by atoms with Gasteiger partial charge in [-0.25, -0.2) is 0 Å².